The SMILES string of the molecule is Clc1cnc(OC2CCCNCC2)c(Cl)c1. The van der Waals surface area contributed by atoms with Gasteiger partial charge in [-0.25, -0.2) is 4.98 Å². The number of nitrogens with one attached hydrogen (secondary N) is 1. The first-order chi connectivity index (χ1) is 7.75. The molecule has 3 nitrogen and oxygen atoms in total. The Balaban J connectivity index is 2.01. The second kappa shape index (κ2) is 5.71. The number of hydrogen-bond donors (Lipinski definition) is 1. The topological polar surface area (TPSA) is 34.1 Å². The molecule has 0 aromatic carbocycles. The Bertz CT molecular complexity index is 352. The van der Waals surface area contributed by atoms with Gasteiger partial charge < -0.3 is 10.1 Å². The fourth-order valence-corrected chi connectivity index (χ4v) is 2.18. The Hall–Kier alpha value is -0.510. The molecule has 16 heavy (non-hydrogen) atoms. The van der Waals surface area contributed by atoms with Crippen LogP contribution in [0.5, 0.6) is 5.88 Å². The van der Waals surface area contributed by atoms with E-state index in [1.54, 1.807) is 12.3 Å². The van der Waals surface area contributed by atoms with E-state index in [9.17, 15) is 0 Å². The van der Waals surface area contributed by atoms with Crippen LogP contribution in [0.1, 0.15) is 19.3 Å². The van der Waals surface area contributed by atoms with Crippen molar-refractivity contribution in [3.05, 3.63) is 22.3 Å². The molecule has 1 aliphatic rings. The molecule has 1 aromatic heterocycles. The van der Waals surface area contributed by atoms with Crippen molar-refractivity contribution < 1.29 is 4.74 Å². The molecule has 5 heteroatoms. The van der Waals surface area contributed by atoms with Gasteiger partial charge in [0, 0.05) is 6.20 Å². The number of hydrogen-bond acceptors (Lipinski definition) is 3. The molecule has 1 unspecified atom stereocenters. The monoisotopic (exact) mass is 260 g/mol. The van der Waals surface area contributed by atoms with Gasteiger partial charge in [-0.15, -0.1) is 0 Å². The predicted molar refractivity (Wildman–Crippen MR) is 65.4 cm³/mol. The first-order valence-corrected chi connectivity index (χ1v) is 6.20. The smallest absolute Gasteiger partial charge is 0.232 e. The van der Waals surface area contributed by atoms with Gasteiger partial charge in [0.15, 0.2) is 0 Å². The largest absolute Gasteiger partial charge is 0.473 e. The maximum atomic E-state index is 6.00. The third-order valence-corrected chi connectivity index (χ3v) is 3.05. The lowest BCUT2D eigenvalue weighted by Crippen LogP contribution is -2.19. The Labute approximate surface area is 105 Å². The zero-order chi connectivity index (χ0) is 11.4. The number of rotatable bonds is 2. The number of pyridine rings is 1. The molecular weight excluding hydrogens is 247 g/mol. The molecule has 0 amide bonds. The van der Waals surface area contributed by atoms with Crippen LogP contribution in [0.25, 0.3) is 0 Å². The van der Waals surface area contributed by atoms with E-state index in [4.69, 9.17) is 27.9 Å². The van der Waals surface area contributed by atoms with Crippen LogP contribution in [0.15, 0.2) is 12.3 Å². The number of nitrogens with zero attached hydrogens (tertiary/aromatic N) is 1. The highest BCUT2D eigenvalue weighted by molar-refractivity contribution is 6.35. The summed E-state index contributed by atoms with van der Waals surface area (Å²) in [6, 6.07) is 1.65. The maximum absolute atomic E-state index is 6.00. The van der Waals surface area contributed by atoms with Crippen molar-refractivity contribution >= 4 is 23.2 Å². The van der Waals surface area contributed by atoms with Crippen molar-refractivity contribution in [3.8, 4) is 5.88 Å². The normalized spacial score (nSPS) is 21.5. The van der Waals surface area contributed by atoms with Crippen molar-refractivity contribution in [1.29, 1.82) is 0 Å². The van der Waals surface area contributed by atoms with E-state index >= 15 is 0 Å². The first-order valence-electron chi connectivity index (χ1n) is 5.44. The highest BCUT2D eigenvalue weighted by Gasteiger charge is 2.15. The van der Waals surface area contributed by atoms with E-state index in [1.165, 1.54) is 0 Å². The van der Waals surface area contributed by atoms with Crippen LogP contribution >= 0.6 is 23.2 Å². The minimum atomic E-state index is 0.196. The van der Waals surface area contributed by atoms with Gasteiger partial charge in [0.2, 0.25) is 5.88 Å². The number of ether oxygens (including phenoxy) is 1. The van der Waals surface area contributed by atoms with Gasteiger partial charge in [-0.05, 0) is 38.4 Å². The third-order valence-electron chi connectivity index (χ3n) is 2.58. The molecule has 1 fully saturated rings. The molecule has 1 aliphatic heterocycles. The molecule has 88 valence electrons. The van der Waals surface area contributed by atoms with E-state index in [-0.39, 0.29) is 6.10 Å². The molecule has 2 rings (SSSR count). The molecule has 0 aliphatic carbocycles. The van der Waals surface area contributed by atoms with Crippen LogP contribution in [-0.2, 0) is 0 Å². The molecule has 1 N–H and O–H groups in total. The average molecular weight is 261 g/mol. The van der Waals surface area contributed by atoms with Crippen molar-refractivity contribution in [2.75, 3.05) is 13.1 Å². The van der Waals surface area contributed by atoms with Gasteiger partial charge in [0.1, 0.15) is 11.1 Å². The Morgan fingerprint density at radius 2 is 2.19 bits per heavy atom. The van der Waals surface area contributed by atoms with Crippen molar-refractivity contribution in [2.45, 2.75) is 25.4 Å². The predicted octanol–water partition coefficient (Wildman–Crippen LogP) is 2.91. The van der Waals surface area contributed by atoms with Gasteiger partial charge in [0.25, 0.3) is 0 Å². The van der Waals surface area contributed by atoms with Gasteiger partial charge in [0.05, 0.1) is 5.02 Å². The lowest BCUT2D eigenvalue weighted by molar-refractivity contribution is 0.180. The minimum Gasteiger partial charge on any atom is -0.473 e. The summed E-state index contributed by atoms with van der Waals surface area (Å²) in [5.41, 5.74) is 0. The first kappa shape index (κ1) is 12.0. The van der Waals surface area contributed by atoms with Gasteiger partial charge in [-0.2, -0.15) is 0 Å². The van der Waals surface area contributed by atoms with E-state index in [1.807, 2.05) is 0 Å². The summed E-state index contributed by atoms with van der Waals surface area (Å²) in [4.78, 5) is 4.10. The van der Waals surface area contributed by atoms with Gasteiger partial charge in [-0.1, -0.05) is 23.2 Å². The summed E-state index contributed by atoms with van der Waals surface area (Å²) in [6.07, 6.45) is 4.89. The van der Waals surface area contributed by atoms with E-state index in [2.05, 4.69) is 10.3 Å². The summed E-state index contributed by atoms with van der Waals surface area (Å²) in [6.45, 7) is 2.04. The summed E-state index contributed by atoms with van der Waals surface area (Å²) < 4.78 is 5.78. The molecule has 1 saturated heterocycles. The molecule has 2 heterocycles. The van der Waals surface area contributed by atoms with Gasteiger partial charge in [-0.3, -0.25) is 0 Å². The lowest BCUT2D eigenvalue weighted by atomic mass is 10.2. The maximum Gasteiger partial charge on any atom is 0.232 e. The molecule has 0 radical (unpaired) electrons. The second-order valence-corrected chi connectivity index (χ2v) is 4.70. The van der Waals surface area contributed by atoms with Crippen LogP contribution in [0.4, 0.5) is 0 Å². The highest BCUT2D eigenvalue weighted by atomic mass is 35.5. The van der Waals surface area contributed by atoms with E-state index in [0.717, 1.165) is 32.4 Å². The third kappa shape index (κ3) is 3.24. The Morgan fingerprint density at radius 1 is 1.31 bits per heavy atom. The van der Waals surface area contributed by atoms with Crippen LogP contribution in [0.3, 0.4) is 0 Å². The van der Waals surface area contributed by atoms with Crippen molar-refractivity contribution in [2.24, 2.45) is 0 Å². The molecule has 0 spiro atoms. The fraction of sp³-hybridized carbons (Fsp3) is 0.545. The van der Waals surface area contributed by atoms with E-state index < -0.39 is 0 Å². The standard InChI is InChI=1S/C11H14Cl2N2O/c12-8-6-10(13)11(15-7-8)16-9-2-1-4-14-5-3-9/h6-7,9,14H,1-5H2. The second-order valence-electron chi connectivity index (χ2n) is 3.86. The summed E-state index contributed by atoms with van der Waals surface area (Å²) in [5.74, 6) is 0.484. The lowest BCUT2D eigenvalue weighted by Gasteiger charge is -2.16. The molecule has 0 saturated carbocycles. The Morgan fingerprint density at radius 3 is 3.00 bits per heavy atom. The number of aromatic nitrogens is 1. The van der Waals surface area contributed by atoms with Crippen molar-refractivity contribution in [1.82, 2.24) is 10.3 Å². The molecule has 1 atom stereocenters. The Kier molecular flexibility index (Phi) is 4.27. The molecule has 0 bridgehead atoms. The summed E-state index contributed by atoms with van der Waals surface area (Å²) >= 11 is 11.8. The quantitative estimate of drug-likeness (QED) is 0.888. The van der Waals surface area contributed by atoms with Crippen LogP contribution in [-0.4, -0.2) is 24.2 Å². The van der Waals surface area contributed by atoms with Crippen LogP contribution < -0.4 is 10.1 Å². The van der Waals surface area contributed by atoms with Crippen molar-refractivity contribution in [3.63, 3.8) is 0 Å². The average Bonchev–Trinajstić information content (AvgIpc) is 2.51. The number of halogens is 2. The summed E-state index contributed by atoms with van der Waals surface area (Å²) in [7, 11) is 0. The highest BCUT2D eigenvalue weighted by Crippen LogP contribution is 2.26. The van der Waals surface area contributed by atoms with Crippen LogP contribution in [0.2, 0.25) is 10.0 Å². The zero-order valence-corrected chi connectivity index (χ0v) is 10.4. The van der Waals surface area contributed by atoms with E-state index in [0.29, 0.717) is 15.9 Å². The zero-order valence-electron chi connectivity index (χ0n) is 8.88. The molecular formula is C11H14Cl2N2O. The summed E-state index contributed by atoms with van der Waals surface area (Å²) in [5, 5.41) is 4.34. The van der Waals surface area contributed by atoms with Crippen LogP contribution in [0, 0.1) is 0 Å². The van der Waals surface area contributed by atoms with Gasteiger partial charge >= 0.3 is 0 Å². The minimum absolute atomic E-state index is 0.196. The molecule has 1 aromatic rings. The fourth-order valence-electron chi connectivity index (χ4n) is 1.75.